The maximum Gasteiger partial charge on any atom is 0.0905 e. The van der Waals surface area contributed by atoms with Crippen LogP contribution in [0.25, 0.3) is 0 Å². The van der Waals surface area contributed by atoms with Crippen LogP contribution < -0.4 is 0 Å². The molecular weight excluding hydrogens is 136 g/mol. The van der Waals surface area contributed by atoms with Gasteiger partial charge in [-0.05, 0) is 6.42 Å². The highest BCUT2D eigenvalue weighted by Crippen LogP contribution is 1.77. The predicted octanol–water partition coefficient (Wildman–Crippen LogP) is 3.28. The largest absolute Gasteiger partial charge is 0.198 e. The Morgan fingerprint density at radius 2 is 1.73 bits per heavy atom. The number of hydrogen-bond donors (Lipinski definition) is 0. The molecule has 2 heteroatoms. The summed E-state index contributed by atoms with van der Waals surface area (Å²) in [5.74, 6) is 0. The Bertz CT molecular complexity index is 125. The van der Waals surface area contributed by atoms with Crippen molar-refractivity contribution in [1.82, 2.24) is 0 Å². The number of rotatable bonds is 1. The molecule has 0 heterocycles. The Balaban J connectivity index is -0.0000000383. The zero-order valence-electron chi connectivity index (χ0n) is 5.59. The number of hydrogen-bond acceptors (Lipinski definition) is 2. The van der Waals surface area contributed by atoms with Crippen molar-refractivity contribution in [3.05, 3.63) is 12.7 Å². The highest BCUT2D eigenvalue weighted by Gasteiger charge is 1.65. The molecule has 0 unspecified atom stereocenters. The first-order valence-electron chi connectivity index (χ1n) is 2.70. The molecule has 0 rings (SSSR count). The fraction of sp³-hybridized carbons (Fsp3) is 0.556. The average Bonchev–Trinajstić information content (AvgIpc) is 1.91. The molecule has 0 saturated carbocycles. The van der Waals surface area contributed by atoms with Crippen LogP contribution in [-0.4, -0.2) is 0 Å². The fourth-order valence-electron chi connectivity index (χ4n) is 0.112. The SMILES string of the molecule is C.C.C=CC#N.CCCC#N. The van der Waals surface area contributed by atoms with E-state index in [1.807, 2.05) is 13.0 Å². The lowest BCUT2D eigenvalue weighted by molar-refractivity contribution is 0.969. The lowest BCUT2D eigenvalue weighted by Gasteiger charge is -1.65. The summed E-state index contributed by atoms with van der Waals surface area (Å²) in [5.41, 5.74) is 0. The molecule has 0 aliphatic carbocycles. The third-order valence-corrected chi connectivity index (χ3v) is 0.453. The monoisotopic (exact) mass is 154 g/mol. The van der Waals surface area contributed by atoms with Gasteiger partial charge in [0.25, 0.3) is 0 Å². The number of unbranched alkanes of at least 4 members (excludes halogenated alkanes) is 1. The van der Waals surface area contributed by atoms with E-state index in [1.165, 1.54) is 6.08 Å². The summed E-state index contributed by atoms with van der Waals surface area (Å²) in [4.78, 5) is 0. The first kappa shape index (κ1) is 22.6. The van der Waals surface area contributed by atoms with Crippen molar-refractivity contribution in [3.63, 3.8) is 0 Å². The molecule has 0 aromatic heterocycles. The van der Waals surface area contributed by atoms with Gasteiger partial charge in [0.15, 0.2) is 0 Å². The Kier molecular flexibility index (Phi) is 77.1. The van der Waals surface area contributed by atoms with Crippen LogP contribution in [0.3, 0.4) is 0 Å². The first-order valence-corrected chi connectivity index (χ1v) is 2.70. The normalized spacial score (nSPS) is 4.27. The van der Waals surface area contributed by atoms with E-state index in [-0.39, 0.29) is 14.9 Å². The molecule has 0 radical (unpaired) electrons. The van der Waals surface area contributed by atoms with Crippen LogP contribution in [0.1, 0.15) is 34.6 Å². The van der Waals surface area contributed by atoms with E-state index < -0.39 is 0 Å². The van der Waals surface area contributed by atoms with Gasteiger partial charge in [-0.3, -0.25) is 0 Å². The summed E-state index contributed by atoms with van der Waals surface area (Å²) in [6.07, 6.45) is 2.86. The van der Waals surface area contributed by atoms with Gasteiger partial charge in [-0.1, -0.05) is 28.4 Å². The molecule has 0 aliphatic heterocycles. The molecule has 0 N–H and O–H groups in total. The van der Waals surface area contributed by atoms with Gasteiger partial charge in [-0.2, -0.15) is 10.5 Å². The molecule has 0 fully saturated rings. The molecule has 0 spiro atoms. The van der Waals surface area contributed by atoms with Crippen molar-refractivity contribution < 1.29 is 0 Å². The standard InChI is InChI=1S/C4H7N.C3H3N.2CH4/c1-2-3-4-5;1-2-3-4;;/h2-3H2,1H3;2H,1H2;2*1H4. The van der Waals surface area contributed by atoms with Gasteiger partial charge in [0.1, 0.15) is 0 Å². The Morgan fingerprint density at radius 3 is 1.73 bits per heavy atom. The first-order chi connectivity index (χ1) is 4.33. The van der Waals surface area contributed by atoms with Gasteiger partial charge in [-0.15, -0.1) is 0 Å². The number of allylic oxidation sites excluding steroid dienone is 1. The van der Waals surface area contributed by atoms with Crippen LogP contribution >= 0.6 is 0 Å². The molecule has 0 bridgehead atoms. The van der Waals surface area contributed by atoms with Crippen molar-refractivity contribution in [3.8, 4) is 12.1 Å². The lowest BCUT2D eigenvalue weighted by Crippen LogP contribution is -1.53. The second-order valence-corrected chi connectivity index (χ2v) is 1.24. The second-order valence-electron chi connectivity index (χ2n) is 1.24. The molecule has 2 nitrogen and oxygen atoms in total. The van der Waals surface area contributed by atoms with Crippen molar-refractivity contribution >= 4 is 0 Å². The molecule has 0 amide bonds. The third kappa shape index (κ3) is 133. The van der Waals surface area contributed by atoms with Crippen LogP contribution in [0.15, 0.2) is 12.7 Å². The fourth-order valence-corrected chi connectivity index (χ4v) is 0.112. The zero-order valence-corrected chi connectivity index (χ0v) is 5.59. The third-order valence-electron chi connectivity index (χ3n) is 0.453. The van der Waals surface area contributed by atoms with Crippen LogP contribution in [0, 0.1) is 22.7 Å². The molecule has 0 saturated heterocycles. The van der Waals surface area contributed by atoms with E-state index in [0.717, 1.165) is 6.42 Å². The molecule has 0 aromatic rings. The quantitative estimate of drug-likeness (QED) is 0.544. The summed E-state index contributed by atoms with van der Waals surface area (Å²) in [6.45, 7) is 5.11. The van der Waals surface area contributed by atoms with Gasteiger partial charge in [0.05, 0.1) is 12.1 Å². The summed E-state index contributed by atoms with van der Waals surface area (Å²) >= 11 is 0. The van der Waals surface area contributed by atoms with E-state index in [0.29, 0.717) is 6.42 Å². The smallest absolute Gasteiger partial charge is 0.0905 e. The minimum atomic E-state index is 0. The Hall–Kier alpha value is -1.28. The summed E-state index contributed by atoms with van der Waals surface area (Å²) in [5, 5.41) is 15.3. The lowest BCUT2D eigenvalue weighted by atomic mass is 10.4. The van der Waals surface area contributed by atoms with E-state index in [1.54, 1.807) is 6.07 Å². The predicted molar refractivity (Wildman–Crippen MR) is 49.8 cm³/mol. The molecule has 0 aliphatic rings. The molecule has 0 atom stereocenters. The van der Waals surface area contributed by atoms with E-state index in [9.17, 15) is 0 Å². The zero-order chi connectivity index (χ0) is 7.54. The van der Waals surface area contributed by atoms with E-state index >= 15 is 0 Å². The molecule has 0 aromatic carbocycles. The second kappa shape index (κ2) is 37.6. The Morgan fingerprint density at radius 1 is 1.36 bits per heavy atom. The van der Waals surface area contributed by atoms with Crippen LogP contribution in [-0.2, 0) is 0 Å². The molecular formula is C9H18N2. The van der Waals surface area contributed by atoms with Crippen LogP contribution in [0.5, 0.6) is 0 Å². The maximum atomic E-state index is 7.82. The van der Waals surface area contributed by atoms with Gasteiger partial charge < -0.3 is 0 Å². The van der Waals surface area contributed by atoms with Crippen LogP contribution in [0.4, 0.5) is 0 Å². The van der Waals surface area contributed by atoms with Gasteiger partial charge in [-0.25, -0.2) is 0 Å². The maximum absolute atomic E-state index is 7.82. The van der Waals surface area contributed by atoms with Gasteiger partial charge in [0.2, 0.25) is 0 Å². The van der Waals surface area contributed by atoms with Gasteiger partial charge >= 0.3 is 0 Å². The van der Waals surface area contributed by atoms with Crippen molar-refractivity contribution in [2.24, 2.45) is 0 Å². The minimum absolute atomic E-state index is 0. The molecule has 11 heavy (non-hydrogen) atoms. The summed E-state index contributed by atoms with van der Waals surface area (Å²) in [7, 11) is 0. The van der Waals surface area contributed by atoms with Crippen molar-refractivity contribution in [2.75, 3.05) is 0 Å². The van der Waals surface area contributed by atoms with Crippen molar-refractivity contribution in [2.45, 2.75) is 34.6 Å². The van der Waals surface area contributed by atoms with E-state index in [4.69, 9.17) is 10.5 Å². The summed E-state index contributed by atoms with van der Waals surface area (Å²) in [6, 6.07) is 3.71. The minimum Gasteiger partial charge on any atom is -0.198 e. The highest BCUT2D eigenvalue weighted by atomic mass is 14.2. The number of nitrogens with zero attached hydrogens (tertiary/aromatic N) is 2. The summed E-state index contributed by atoms with van der Waals surface area (Å²) < 4.78 is 0. The average molecular weight is 154 g/mol. The van der Waals surface area contributed by atoms with Gasteiger partial charge in [0, 0.05) is 12.5 Å². The van der Waals surface area contributed by atoms with Crippen molar-refractivity contribution in [1.29, 1.82) is 10.5 Å². The highest BCUT2D eigenvalue weighted by molar-refractivity contribution is 4.93. The Labute approximate surface area is 70.8 Å². The van der Waals surface area contributed by atoms with E-state index in [2.05, 4.69) is 6.58 Å². The topological polar surface area (TPSA) is 47.6 Å². The number of nitriles is 2. The molecule has 64 valence electrons. The van der Waals surface area contributed by atoms with Crippen LogP contribution in [0.2, 0.25) is 0 Å².